The Kier molecular flexibility index (Phi) is 6.71. The van der Waals surface area contributed by atoms with Crippen LogP contribution in [-0.4, -0.2) is 12.5 Å². The Morgan fingerprint density at radius 1 is 0.862 bits per heavy atom. The number of rotatable bonds is 7. The first kappa shape index (κ1) is 20.7. The highest BCUT2D eigenvalue weighted by atomic mass is 16.5. The summed E-state index contributed by atoms with van der Waals surface area (Å²) in [6, 6.07) is 24.2. The molecule has 1 atom stereocenters. The van der Waals surface area contributed by atoms with Crippen LogP contribution in [0.15, 0.2) is 72.8 Å². The fourth-order valence-corrected chi connectivity index (χ4v) is 3.35. The van der Waals surface area contributed by atoms with Gasteiger partial charge in [-0.15, -0.1) is 0 Å². The second-order valence-electron chi connectivity index (χ2n) is 7.81. The minimum Gasteiger partial charge on any atom is -0.483 e. The maximum absolute atomic E-state index is 12.8. The highest BCUT2D eigenvalue weighted by Crippen LogP contribution is 2.28. The zero-order chi connectivity index (χ0) is 20.8. The van der Waals surface area contributed by atoms with Crippen molar-refractivity contribution in [1.82, 2.24) is 5.32 Å². The fraction of sp³-hybridized carbons (Fsp3) is 0.269. The van der Waals surface area contributed by atoms with Crippen LogP contribution in [-0.2, 0) is 4.79 Å². The SMILES string of the molecule is Cc1ccc([C@H](NC(=O)COc2cc(C)ccc2C(C)C)c2ccccc2)cc1. The lowest BCUT2D eigenvalue weighted by molar-refractivity contribution is -0.123. The Labute approximate surface area is 173 Å². The third-order valence-corrected chi connectivity index (χ3v) is 5.00. The highest BCUT2D eigenvalue weighted by molar-refractivity contribution is 5.78. The number of hydrogen-bond donors (Lipinski definition) is 1. The molecule has 0 spiro atoms. The molecule has 0 aliphatic heterocycles. The first-order chi connectivity index (χ1) is 13.9. The monoisotopic (exact) mass is 387 g/mol. The van der Waals surface area contributed by atoms with E-state index in [4.69, 9.17) is 4.74 Å². The molecule has 0 radical (unpaired) electrons. The maximum Gasteiger partial charge on any atom is 0.258 e. The van der Waals surface area contributed by atoms with Crippen molar-refractivity contribution in [1.29, 1.82) is 0 Å². The number of amides is 1. The molecule has 3 nitrogen and oxygen atoms in total. The van der Waals surface area contributed by atoms with Crippen LogP contribution in [0.25, 0.3) is 0 Å². The molecule has 0 aliphatic carbocycles. The van der Waals surface area contributed by atoms with E-state index in [9.17, 15) is 4.79 Å². The Morgan fingerprint density at radius 2 is 1.48 bits per heavy atom. The normalized spacial score (nSPS) is 11.9. The number of nitrogens with one attached hydrogen (secondary N) is 1. The second-order valence-corrected chi connectivity index (χ2v) is 7.81. The quantitative estimate of drug-likeness (QED) is 0.564. The Bertz CT molecular complexity index is 946. The number of benzene rings is 3. The lowest BCUT2D eigenvalue weighted by atomic mass is 9.98. The van der Waals surface area contributed by atoms with Gasteiger partial charge in [-0.3, -0.25) is 4.79 Å². The lowest BCUT2D eigenvalue weighted by Crippen LogP contribution is -2.33. The zero-order valence-corrected chi connectivity index (χ0v) is 17.6. The number of hydrogen-bond acceptors (Lipinski definition) is 2. The molecule has 0 bridgehead atoms. The molecule has 3 aromatic carbocycles. The van der Waals surface area contributed by atoms with Crippen molar-refractivity contribution in [2.75, 3.05) is 6.61 Å². The van der Waals surface area contributed by atoms with E-state index in [2.05, 4.69) is 62.5 Å². The number of carbonyl (C=O) groups is 1. The van der Waals surface area contributed by atoms with Gasteiger partial charge in [0.05, 0.1) is 6.04 Å². The summed E-state index contributed by atoms with van der Waals surface area (Å²) in [5, 5.41) is 3.14. The van der Waals surface area contributed by atoms with Crippen molar-refractivity contribution in [2.45, 2.75) is 39.7 Å². The number of ether oxygens (including phenoxy) is 1. The first-order valence-electron chi connectivity index (χ1n) is 10.1. The summed E-state index contributed by atoms with van der Waals surface area (Å²) >= 11 is 0. The van der Waals surface area contributed by atoms with Gasteiger partial charge in [-0.2, -0.15) is 0 Å². The Morgan fingerprint density at radius 3 is 2.14 bits per heavy atom. The smallest absolute Gasteiger partial charge is 0.258 e. The van der Waals surface area contributed by atoms with Gasteiger partial charge in [0.1, 0.15) is 5.75 Å². The largest absolute Gasteiger partial charge is 0.483 e. The third kappa shape index (κ3) is 5.47. The van der Waals surface area contributed by atoms with Crippen molar-refractivity contribution in [2.24, 2.45) is 0 Å². The molecule has 0 fully saturated rings. The first-order valence-corrected chi connectivity index (χ1v) is 10.1. The van der Waals surface area contributed by atoms with Gasteiger partial charge < -0.3 is 10.1 Å². The number of aryl methyl sites for hydroxylation is 2. The molecule has 0 saturated heterocycles. The molecule has 3 heteroatoms. The molecule has 0 saturated carbocycles. The molecule has 0 unspecified atom stereocenters. The average molecular weight is 388 g/mol. The van der Waals surface area contributed by atoms with E-state index in [0.29, 0.717) is 5.92 Å². The molecule has 1 N–H and O–H groups in total. The van der Waals surface area contributed by atoms with Crippen molar-refractivity contribution in [3.05, 3.63) is 101 Å². The second kappa shape index (κ2) is 9.42. The third-order valence-electron chi connectivity index (χ3n) is 5.00. The van der Waals surface area contributed by atoms with Crippen LogP contribution >= 0.6 is 0 Å². The van der Waals surface area contributed by atoms with Gasteiger partial charge >= 0.3 is 0 Å². The van der Waals surface area contributed by atoms with E-state index in [1.165, 1.54) is 5.56 Å². The summed E-state index contributed by atoms with van der Waals surface area (Å²) in [5.74, 6) is 0.968. The minimum absolute atomic E-state index is 0.0155. The summed E-state index contributed by atoms with van der Waals surface area (Å²) in [5.41, 5.74) is 5.51. The molecule has 0 aromatic heterocycles. The minimum atomic E-state index is -0.213. The fourth-order valence-electron chi connectivity index (χ4n) is 3.35. The van der Waals surface area contributed by atoms with Crippen LogP contribution in [0, 0.1) is 13.8 Å². The number of carbonyl (C=O) groups excluding carboxylic acids is 1. The van der Waals surface area contributed by atoms with Gasteiger partial charge in [-0.05, 0) is 48.1 Å². The standard InChI is InChI=1S/C26H29NO2/c1-18(2)23-15-12-20(4)16-24(23)29-17-25(28)27-26(21-8-6-5-7-9-21)22-13-10-19(3)11-14-22/h5-16,18,26H,17H2,1-4H3,(H,27,28)/t26-/m1/s1. The van der Waals surface area contributed by atoms with Gasteiger partial charge in [-0.25, -0.2) is 0 Å². The van der Waals surface area contributed by atoms with E-state index < -0.39 is 0 Å². The van der Waals surface area contributed by atoms with Crippen molar-refractivity contribution >= 4 is 5.91 Å². The molecule has 3 aromatic rings. The van der Waals surface area contributed by atoms with Gasteiger partial charge in [0.2, 0.25) is 0 Å². The van der Waals surface area contributed by atoms with Gasteiger partial charge in [-0.1, -0.05) is 86.1 Å². The van der Waals surface area contributed by atoms with Crippen LogP contribution in [0.3, 0.4) is 0 Å². The maximum atomic E-state index is 12.8. The molecule has 3 rings (SSSR count). The predicted octanol–water partition coefficient (Wildman–Crippen LogP) is 5.71. The Hall–Kier alpha value is -3.07. The molecular weight excluding hydrogens is 358 g/mol. The van der Waals surface area contributed by atoms with Crippen LogP contribution in [0.5, 0.6) is 5.75 Å². The Balaban J connectivity index is 1.76. The van der Waals surface area contributed by atoms with E-state index >= 15 is 0 Å². The zero-order valence-electron chi connectivity index (χ0n) is 17.6. The average Bonchev–Trinajstić information content (AvgIpc) is 2.72. The van der Waals surface area contributed by atoms with E-state index in [-0.39, 0.29) is 18.6 Å². The molecule has 0 heterocycles. The predicted molar refractivity (Wildman–Crippen MR) is 118 cm³/mol. The van der Waals surface area contributed by atoms with E-state index in [1.54, 1.807) is 0 Å². The molecule has 29 heavy (non-hydrogen) atoms. The van der Waals surface area contributed by atoms with Gasteiger partial charge in [0, 0.05) is 0 Å². The van der Waals surface area contributed by atoms with Gasteiger partial charge in [0.15, 0.2) is 6.61 Å². The van der Waals surface area contributed by atoms with E-state index in [1.807, 2.05) is 43.3 Å². The van der Waals surface area contributed by atoms with E-state index in [0.717, 1.165) is 28.0 Å². The molecular formula is C26H29NO2. The van der Waals surface area contributed by atoms with Crippen molar-refractivity contribution in [3.8, 4) is 5.75 Å². The highest BCUT2D eigenvalue weighted by Gasteiger charge is 2.18. The van der Waals surface area contributed by atoms with Crippen molar-refractivity contribution in [3.63, 3.8) is 0 Å². The summed E-state index contributed by atoms with van der Waals surface area (Å²) in [4.78, 5) is 12.8. The topological polar surface area (TPSA) is 38.3 Å². The lowest BCUT2D eigenvalue weighted by Gasteiger charge is -2.21. The molecule has 150 valence electrons. The molecule has 1 amide bonds. The van der Waals surface area contributed by atoms with Crippen LogP contribution in [0.1, 0.15) is 53.6 Å². The molecule has 0 aliphatic rings. The summed E-state index contributed by atoms with van der Waals surface area (Å²) in [6.45, 7) is 8.32. The summed E-state index contributed by atoms with van der Waals surface area (Å²) < 4.78 is 5.92. The van der Waals surface area contributed by atoms with Crippen molar-refractivity contribution < 1.29 is 9.53 Å². The van der Waals surface area contributed by atoms with Crippen LogP contribution in [0.2, 0.25) is 0 Å². The van der Waals surface area contributed by atoms with Crippen LogP contribution in [0.4, 0.5) is 0 Å². The van der Waals surface area contributed by atoms with Gasteiger partial charge in [0.25, 0.3) is 5.91 Å². The van der Waals surface area contributed by atoms with Crippen LogP contribution < -0.4 is 10.1 Å². The summed E-state index contributed by atoms with van der Waals surface area (Å²) in [6.07, 6.45) is 0. The summed E-state index contributed by atoms with van der Waals surface area (Å²) in [7, 11) is 0.